The van der Waals surface area contributed by atoms with E-state index >= 15 is 0 Å². The van der Waals surface area contributed by atoms with Gasteiger partial charge in [-0.25, -0.2) is 0 Å². The first-order chi connectivity index (χ1) is 10.3. The Morgan fingerprint density at radius 1 is 1.00 bits per heavy atom. The van der Waals surface area contributed by atoms with Crippen molar-refractivity contribution in [2.45, 2.75) is 13.0 Å². The van der Waals surface area contributed by atoms with Crippen LogP contribution in [-0.4, -0.2) is 79.3 Å². The number of nitrogens with zero attached hydrogens (tertiary/aromatic N) is 3. The van der Waals surface area contributed by atoms with Crippen LogP contribution in [-0.2, 0) is 6.54 Å². The molecule has 0 atom stereocenters. The first kappa shape index (κ1) is 16.4. The summed E-state index contributed by atoms with van der Waals surface area (Å²) in [5.41, 5.74) is 1.38. The molecule has 1 fully saturated rings. The number of aliphatic hydroxyl groups is 1. The molecule has 1 N–H and O–H groups in total. The number of rotatable bonds is 8. The maximum Gasteiger partial charge on any atom is 0.0443 e. The number of aliphatic hydroxyl groups excluding tert-OH is 1. The first-order valence-corrected chi connectivity index (χ1v) is 8.06. The molecule has 0 aromatic heterocycles. The molecule has 1 aliphatic rings. The molecule has 2 rings (SSSR count). The molecule has 0 radical (unpaired) electrons. The third-order valence-electron chi connectivity index (χ3n) is 4.19. The standard InChI is InChI=1S/C17H29N3O/c1-18(16-17-6-3-2-4-7-17)9-10-20-13-11-19(12-14-20)8-5-15-21/h2-4,6-7,21H,5,8-16H2,1H3. The van der Waals surface area contributed by atoms with Gasteiger partial charge in [-0.1, -0.05) is 30.3 Å². The van der Waals surface area contributed by atoms with Gasteiger partial charge in [-0.15, -0.1) is 0 Å². The summed E-state index contributed by atoms with van der Waals surface area (Å²) >= 11 is 0. The molecule has 4 heteroatoms. The van der Waals surface area contributed by atoms with Gasteiger partial charge in [0.2, 0.25) is 0 Å². The van der Waals surface area contributed by atoms with Crippen LogP contribution in [0.1, 0.15) is 12.0 Å². The van der Waals surface area contributed by atoms with E-state index in [0.717, 1.165) is 58.8 Å². The minimum atomic E-state index is 0.310. The van der Waals surface area contributed by atoms with Crippen LogP contribution in [0.4, 0.5) is 0 Å². The smallest absolute Gasteiger partial charge is 0.0443 e. The zero-order chi connectivity index (χ0) is 14.9. The fourth-order valence-electron chi connectivity index (χ4n) is 2.82. The van der Waals surface area contributed by atoms with Gasteiger partial charge in [0.1, 0.15) is 0 Å². The van der Waals surface area contributed by atoms with Crippen molar-refractivity contribution >= 4 is 0 Å². The van der Waals surface area contributed by atoms with E-state index in [1.54, 1.807) is 0 Å². The van der Waals surface area contributed by atoms with Gasteiger partial charge in [0.15, 0.2) is 0 Å². The zero-order valence-electron chi connectivity index (χ0n) is 13.2. The molecule has 0 saturated carbocycles. The number of piperazine rings is 1. The summed E-state index contributed by atoms with van der Waals surface area (Å²) < 4.78 is 0. The molecule has 1 aromatic carbocycles. The predicted octanol–water partition coefficient (Wildman–Crippen LogP) is 1.12. The Morgan fingerprint density at radius 3 is 2.24 bits per heavy atom. The van der Waals surface area contributed by atoms with Gasteiger partial charge in [0.05, 0.1) is 0 Å². The second kappa shape index (κ2) is 9.15. The topological polar surface area (TPSA) is 30.0 Å². The molecule has 1 aliphatic heterocycles. The van der Waals surface area contributed by atoms with Gasteiger partial charge in [-0.2, -0.15) is 0 Å². The van der Waals surface area contributed by atoms with Gasteiger partial charge in [0, 0.05) is 59.0 Å². The lowest BCUT2D eigenvalue weighted by molar-refractivity contribution is 0.115. The van der Waals surface area contributed by atoms with Crippen molar-refractivity contribution in [1.29, 1.82) is 0 Å². The molecule has 4 nitrogen and oxygen atoms in total. The number of benzene rings is 1. The summed E-state index contributed by atoms with van der Waals surface area (Å²) in [7, 11) is 2.20. The van der Waals surface area contributed by atoms with E-state index in [2.05, 4.69) is 52.1 Å². The molecule has 1 saturated heterocycles. The fourth-order valence-corrected chi connectivity index (χ4v) is 2.82. The summed E-state index contributed by atoms with van der Waals surface area (Å²) in [6, 6.07) is 10.7. The quantitative estimate of drug-likeness (QED) is 0.777. The van der Waals surface area contributed by atoms with Crippen molar-refractivity contribution in [1.82, 2.24) is 14.7 Å². The van der Waals surface area contributed by atoms with Crippen molar-refractivity contribution in [2.24, 2.45) is 0 Å². The Kier molecular flexibility index (Phi) is 7.16. The van der Waals surface area contributed by atoms with E-state index in [1.165, 1.54) is 5.56 Å². The third-order valence-corrected chi connectivity index (χ3v) is 4.19. The lowest BCUT2D eigenvalue weighted by Gasteiger charge is -2.35. The molecule has 0 bridgehead atoms. The van der Waals surface area contributed by atoms with Crippen LogP contribution in [0.25, 0.3) is 0 Å². The molecular weight excluding hydrogens is 262 g/mol. The summed E-state index contributed by atoms with van der Waals surface area (Å²) in [6.45, 7) is 9.24. The Morgan fingerprint density at radius 2 is 1.62 bits per heavy atom. The molecular formula is C17H29N3O. The predicted molar refractivity (Wildman–Crippen MR) is 87.4 cm³/mol. The van der Waals surface area contributed by atoms with Crippen molar-refractivity contribution in [3.63, 3.8) is 0 Å². The van der Waals surface area contributed by atoms with E-state index in [-0.39, 0.29) is 0 Å². The molecule has 0 spiro atoms. The maximum absolute atomic E-state index is 8.87. The minimum absolute atomic E-state index is 0.310. The Hall–Kier alpha value is -0.940. The van der Waals surface area contributed by atoms with Gasteiger partial charge in [-0.3, -0.25) is 4.90 Å². The maximum atomic E-state index is 8.87. The van der Waals surface area contributed by atoms with E-state index in [9.17, 15) is 0 Å². The Labute approximate surface area is 129 Å². The minimum Gasteiger partial charge on any atom is -0.396 e. The largest absolute Gasteiger partial charge is 0.396 e. The highest BCUT2D eigenvalue weighted by Crippen LogP contribution is 2.05. The van der Waals surface area contributed by atoms with Crippen LogP contribution in [0.2, 0.25) is 0 Å². The van der Waals surface area contributed by atoms with Gasteiger partial charge in [0.25, 0.3) is 0 Å². The lowest BCUT2D eigenvalue weighted by atomic mass is 10.2. The monoisotopic (exact) mass is 291 g/mol. The number of hydrogen-bond acceptors (Lipinski definition) is 4. The average Bonchev–Trinajstić information content (AvgIpc) is 2.53. The van der Waals surface area contributed by atoms with Crippen molar-refractivity contribution in [3.05, 3.63) is 35.9 Å². The second-order valence-corrected chi connectivity index (χ2v) is 5.98. The Balaban J connectivity index is 1.61. The molecule has 0 unspecified atom stereocenters. The summed E-state index contributed by atoms with van der Waals surface area (Å²) in [4.78, 5) is 7.41. The van der Waals surface area contributed by atoms with E-state index in [4.69, 9.17) is 5.11 Å². The highest BCUT2D eigenvalue weighted by molar-refractivity contribution is 5.14. The SMILES string of the molecule is CN(CCN1CCN(CCCO)CC1)Cc1ccccc1. The van der Waals surface area contributed by atoms with Crippen LogP contribution in [0, 0.1) is 0 Å². The van der Waals surface area contributed by atoms with Crippen molar-refractivity contribution in [2.75, 3.05) is 59.5 Å². The van der Waals surface area contributed by atoms with Crippen LogP contribution in [0.3, 0.4) is 0 Å². The first-order valence-electron chi connectivity index (χ1n) is 8.06. The van der Waals surface area contributed by atoms with E-state index in [0.29, 0.717) is 6.61 Å². The van der Waals surface area contributed by atoms with E-state index < -0.39 is 0 Å². The number of likely N-dealkylation sites (N-methyl/N-ethyl adjacent to an activating group) is 1. The van der Waals surface area contributed by atoms with Crippen LogP contribution in [0.15, 0.2) is 30.3 Å². The van der Waals surface area contributed by atoms with Crippen LogP contribution < -0.4 is 0 Å². The molecule has 1 heterocycles. The van der Waals surface area contributed by atoms with Crippen LogP contribution in [0.5, 0.6) is 0 Å². The third kappa shape index (κ3) is 6.14. The summed E-state index contributed by atoms with van der Waals surface area (Å²) in [5, 5.41) is 8.87. The highest BCUT2D eigenvalue weighted by atomic mass is 16.3. The van der Waals surface area contributed by atoms with Crippen LogP contribution >= 0.6 is 0 Å². The fraction of sp³-hybridized carbons (Fsp3) is 0.647. The average molecular weight is 291 g/mol. The highest BCUT2D eigenvalue weighted by Gasteiger charge is 2.16. The second-order valence-electron chi connectivity index (χ2n) is 5.98. The summed E-state index contributed by atoms with van der Waals surface area (Å²) in [6.07, 6.45) is 0.903. The summed E-state index contributed by atoms with van der Waals surface area (Å²) in [5.74, 6) is 0. The van der Waals surface area contributed by atoms with Crippen molar-refractivity contribution < 1.29 is 5.11 Å². The van der Waals surface area contributed by atoms with Gasteiger partial charge < -0.3 is 14.9 Å². The molecule has 1 aromatic rings. The Bertz CT molecular complexity index is 377. The van der Waals surface area contributed by atoms with Gasteiger partial charge >= 0.3 is 0 Å². The molecule has 0 amide bonds. The van der Waals surface area contributed by atoms with Gasteiger partial charge in [-0.05, 0) is 19.0 Å². The molecule has 0 aliphatic carbocycles. The zero-order valence-corrected chi connectivity index (χ0v) is 13.2. The van der Waals surface area contributed by atoms with E-state index in [1.807, 2.05) is 0 Å². The molecule has 21 heavy (non-hydrogen) atoms. The van der Waals surface area contributed by atoms with Crippen molar-refractivity contribution in [3.8, 4) is 0 Å². The normalized spacial score (nSPS) is 17.5. The molecule has 118 valence electrons. The lowest BCUT2D eigenvalue weighted by Crippen LogP contribution is -2.48. The number of hydrogen-bond donors (Lipinski definition) is 1.